The van der Waals surface area contributed by atoms with Gasteiger partial charge in [0.15, 0.2) is 0 Å². The average Bonchev–Trinajstić information content (AvgIpc) is 2.34. The van der Waals surface area contributed by atoms with Gasteiger partial charge in [0, 0.05) is 4.47 Å². The summed E-state index contributed by atoms with van der Waals surface area (Å²) in [5, 5.41) is 22.3. The van der Waals surface area contributed by atoms with Crippen molar-refractivity contribution in [2.75, 3.05) is 13.6 Å². The number of hydrogen-bond acceptors (Lipinski definition) is 3. The average molecular weight is 342 g/mol. The van der Waals surface area contributed by atoms with Crippen molar-refractivity contribution in [3.05, 3.63) is 33.8 Å². The van der Waals surface area contributed by atoms with Gasteiger partial charge in [-0.25, -0.2) is 0 Å². The van der Waals surface area contributed by atoms with E-state index in [9.17, 15) is 23.4 Å². The SMILES string of the molecule is CNCCC(O)C(O)c1ccc(Br)c(C(F)(F)F)c1. The smallest absolute Gasteiger partial charge is 0.390 e. The molecule has 1 rings (SSSR count). The molecule has 2 unspecified atom stereocenters. The summed E-state index contributed by atoms with van der Waals surface area (Å²) in [5.41, 5.74) is -0.830. The number of rotatable bonds is 5. The Hall–Kier alpha value is -0.630. The second kappa shape index (κ2) is 6.69. The van der Waals surface area contributed by atoms with Gasteiger partial charge in [0.25, 0.3) is 0 Å². The number of nitrogens with one attached hydrogen (secondary N) is 1. The monoisotopic (exact) mass is 341 g/mol. The van der Waals surface area contributed by atoms with E-state index in [2.05, 4.69) is 21.2 Å². The summed E-state index contributed by atoms with van der Waals surface area (Å²) in [6, 6.07) is 3.41. The van der Waals surface area contributed by atoms with E-state index in [1.807, 2.05) is 0 Å². The Morgan fingerprint density at radius 3 is 2.47 bits per heavy atom. The first-order chi connectivity index (χ1) is 8.77. The van der Waals surface area contributed by atoms with Crippen molar-refractivity contribution < 1.29 is 23.4 Å². The van der Waals surface area contributed by atoms with Gasteiger partial charge in [-0.15, -0.1) is 0 Å². The Morgan fingerprint density at radius 2 is 1.95 bits per heavy atom. The molecule has 0 heterocycles. The fourth-order valence-electron chi connectivity index (χ4n) is 1.62. The van der Waals surface area contributed by atoms with Gasteiger partial charge in [0.05, 0.1) is 11.7 Å². The van der Waals surface area contributed by atoms with E-state index >= 15 is 0 Å². The van der Waals surface area contributed by atoms with Crippen LogP contribution in [0.5, 0.6) is 0 Å². The lowest BCUT2D eigenvalue weighted by molar-refractivity contribution is -0.138. The van der Waals surface area contributed by atoms with Crippen molar-refractivity contribution in [1.82, 2.24) is 5.32 Å². The van der Waals surface area contributed by atoms with Crippen molar-refractivity contribution in [1.29, 1.82) is 0 Å². The quantitative estimate of drug-likeness (QED) is 0.771. The molecule has 1 aromatic rings. The first-order valence-corrected chi connectivity index (χ1v) is 6.44. The van der Waals surface area contributed by atoms with Crippen molar-refractivity contribution in [2.45, 2.75) is 24.8 Å². The van der Waals surface area contributed by atoms with Crippen molar-refractivity contribution >= 4 is 15.9 Å². The molecule has 19 heavy (non-hydrogen) atoms. The predicted octanol–water partition coefficient (Wildman–Crippen LogP) is 2.47. The zero-order valence-electron chi connectivity index (χ0n) is 10.2. The van der Waals surface area contributed by atoms with E-state index in [0.29, 0.717) is 6.54 Å². The summed E-state index contributed by atoms with van der Waals surface area (Å²) >= 11 is 2.82. The fraction of sp³-hybridized carbons (Fsp3) is 0.500. The molecule has 3 N–H and O–H groups in total. The number of aliphatic hydroxyl groups is 2. The molecular formula is C12H15BrF3NO2. The molecule has 0 saturated heterocycles. The van der Waals surface area contributed by atoms with E-state index in [-0.39, 0.29) is 16.5 Å². The van der Waals surface area contributed by atoms with Crippen LogP contribution in [-0.4, -0.2) is 29.9 Å². The maximum atomic E-state index is 12.7. The molecule has 108 valence electrons. The third-order valence-corrected chi connectivity index (χ3v) is 3.38. The third-order valence-electron chi connectivity index (χ3n) is 2.69. The minimum Gasteiger partial charge on any atom is -0.390 e. The lowest BCUT2D eigenvalue weighted by Gasteiger charge is -2.19. The summed E-state index contributed by atoms with van der Waals surface area (Å²) in [4.78, 5) is 0. The number of aliphatic hydroxyl groups excluding tert-OH is 2. The van der Waals surface area contributed by atoms with Crippen molar-refractivity contribution in [2.24, 2.45) is 0 Å². The topological polar surface area (TPSA) is 52.5 Å². The maximum absolute atomic E-state index is 12.7. The zero-order valence-corrected chi connectivity index (χ0v) is 11.8. The van der Waals surface area contributed by atoms with Gasteiger partial charge >= 0.3 is 6.18 Å². The molecule has 0 amide bonds. The molecule has 0 aliphatic rings. The van der Waals surface area contributed by atoms with Crippen molar-refractivity contribution in [3.63, 3.8) is 0 Å². The lowest BCUT2D eigenvalue weighted by atomic mass is 10.00. The highest BCUT2D eigenvalue weighted by Crippen LogP contribution is 2.36. The van der Waals surface area contributed by atoms with E-state index in [1.165, 1.54) is 12.1 Å². The van der Waals surface area contributed by atoms with E-state index in [0.717, 1.165) is 6.07 Å². The molecule has 0 bridgehead atoms. The molecule has 0 fully saturated rings. The van der Waals surface area contributed by atoms with Gasteiger partial charge in [0.2, 0.25) is 0 Å². The minimum absolute atomic E-state index is 0.0409. The fourth-order valence-corrected chi connectivity index (χ4v) is 2.09. The van der Waals surface area contributed by atoms with Crippen LogP contribution in [0.3, 0.4) is 0 Å². The van der Waals surface area contributed by atoms with Gasteiger partial charge in [-0.3, -0.25) is 0 Å². The number of hydrogen-bond donors (Lipinski definition) is 3. The Morgan fingerprint density at radius 1 is 1.32 bits per heavy atom. The molecule has 0 spiro atoms. The van der Waals surface area contributed by atoms with Gasteiger partial charge in [0.1, 0.15) is 6.10 Å². The van der Waals surface area contributed by atoms with Gasteiger partial charge in [-0.1, -0.05) is 22.0 Å². The Bertz CT molecular complexity index is 426. The molecule has 0 aliphatic heterocycles. The molecule has 0 aliphatic carbocycles. The summed E-state index contributed by atoms with van der Waals surface area (Å²) in [7, 11) is 1.68. The molecule has 1 aromatic carbocycles. The van der Waals surface area contributed by atoms with Crippen LogP contribution in [0.2, 0.25) is 0 Å². The standard InChI is InChI=1S/C12H15BrF3NO2/c1-17-5-4-10(18)11(19)7-2-3-9(13)8(6-7)12(14,15)16/h2-3,6,10-11,17-19H,4-5H2,1H3. The number of alkyl halides is 3. The summed E-state index contributed by atoms with van der Waals surface area (Å²) < 4.78 is 38.0. The van der Waals surface area contributed by atoms with Crippen LogP contribution >= 0.6 is 15.9 Å². The van der Waals surface area contributed by atoms with Crippen LogP contribution in [0.1, 0.15) is 23.7 Å². The van der Waals surface area contributed by atoms with Crippen LogP contribution < -0.4 is 5.32 Å². The lowest BCUT2D eigenvalue weighted by Crippen LogP contribution is -2.23. The second-order valence-corrected chi connectivity index (χ2v) is 5.00. The van der Waals surface area contributed by atoms with Crippen LogP contribution in [0.4, 0.5) is 13.2 Å². The minimum atomic E-state index is -4.51. The summed E-state index contributed by atoms with van der Waals surface area (Å²) in [5.74, 6) is 0. The van der Waals surface area contributed by atoms with Crippen LogP contribution in [0.25, 0.3) is 0 Å². The van der Waals surface area contributed by atoms with E-state index in [1.54, 1.807) is 7.05 Å². The first kappa shape index (κ1) is 16.4. The van der Waals surface area contributed by atoms with Crippen LogP contribution in [0, 0.1) is 0 Å². The normalized spacial score (nSPS) is 15.3. The molecule has 0 aromatic heterocycles. The van der Waals surface area contributed by atoms with Crippen molar-refractivity contribution in [3.8, 4) is 0 Å². The first-order valence-electron chi connectivity index (χ1n) is 5.64. The molecule has 7 heteroatoms. The maximum Gasteiger partial charge on any atom is 0.417 e. The summed E-state index contributed by atoms with van der Waals surface area (Å²) in [6.45, 7) is 0.459. The zero-order chi connectivity index (χ0) is 14.6. The number of halogens is 4. The molecule has 2 atom stereocenters. The Labute approximate surface area is 117 Å². The van der Waals surface area contributed by atoms with Gasteiger partial charge in [-0.2, -0.15) is 13.2 Å². The molecule has 0 saturated carbocycles. The number of benzene rings is 1. The van der Waals surface area contributed by atoms with Crippen LogP contribution in [-0.2, 0) is 6.18 Å². The predicted molar refractivity (Wildman–Crippen MR) is 68.7 cm³/mol. The third kappa shape index (κ3) is 4.45. The highest BCUT2D eigenvalue weighted by atomic mass is 79.9. The highest BCUT2D eigenvalue weighted by Gasteiger charge is 2.34. The van der Waals surface area contributed by atoms with Gasteiger partial charge in [-0.05, 0) is 37.7 Å². The largest absolute Gasteiger partial charge is 0.417 e. The molecule has 0 radical (unpaired) electrons. The second-order valence-electron chi connectivity index (χ2n) is 4.14. The van der Waals surface area contributed by atoms with E-state index in [4.69, 9.17) is 0 Å². The molecule has 3 nitrogen and oxygen atoms in total. The van der Waals surface area contributed by atoms with E-state index < -0.39 is 23.9 Å². The Kier molecular flexibility index (Phi) is 5.79. The molecular weight excluding hydrogens is 327 g/mol. The summed E-state index contributed by atoms with van der Waals surface area (Å²) in [6.07, 6.45) is -6.73. The highest BCUT2D eigenvalue weighted by molar-refractivity contribution is 9.10. The van der Waals surface area contributed by atoms with Gasteiger partial charge < -0.3 is 15.5 Å². The van der Waals surface area contributed by atoms with Crippen LogP contribution in [0.15, 0.2) is 22.7 Å². The Balaban J connectivity index is 2.95.